The number of nitrogen functional groups attached to an aromatic ring is 1. The third-order valence-electron chi connectivity index (χ3n) is 6.24. The Balaban J connectivity index is 1.58. The Morgan fingerprint density at radius 1 is 1.06 bits per heavy atom. The topological polar surface area (TPSA) is 83.2 Å². The number of unbranched alkanes of at least 4 members (excludes halogenated alkanes) is 1. The van der Waals surface area contributed by atoms with E-state index in [0.29, 0.717) is 0 Å². The van der Waals surface area contributed by atoms with Crippen molar-refractivity contribution in [1.29, 1.82) is 0 Å². The van der Waals surface area contributed by atoms with Crippen LogP contribution in [0.3, 0.4) is 0 Å². The van der Waals surface area contributed by atoms with Gasteiger partial charge in [0.25, 0.3) is 0 Å². The van der Waals surface area contributed by atoms with Crippen molar-refractivity contribution in [1.82, 2.24) is 19.9 Å². The molecule has 7 nitrogen and oxygen atoms in total. The van der Waals surface area contributed by atoms with E-state index < -0.39 is 0 Å². The molecule has 7 heteroatoms. The second-order valence-electron chi connectivity index (χ2n) is 9.47. The van der Waals surface area contributed by atoms with Crippen molar-refractivity contribution < 1.29 is 0 Å². The maximum Gasteiger partial charge on any atom is 0.222 e. The van der Waals surface area contributed by atoms with Gasteiger partial charge in [-0.25, -0.2) is 4.98 Å². The molecule has 1 aliphatic rings. The molecule has 3 heterocycles. The fourth-order valence-electron chi connectivity index (χ4n) is 4.21. The SMILES string of the molecule is CCCCC(C)(C)Nc1nc(N)nc2cc(-c3ccc(N4CCN(C)CC4)cc3)ncc12. The van der Waals surface area contributed by atoms with Crippen LogP contribution in [0, 0.1) is 0 Å². The molecule has 4 rings (SSSR count). The minimum absolute atomic E-state index is 0.0819. The number of likely N-dealkylation sites (N-methyl/N-ethyl adjacent to an activating group) is 1. The van der Waals surface area contributed by atoms with Gasteiger partial charge in [-0.15, -0.1) is 0 Å². The summed E-state index contributed by atoms with van der Waals surface area (Å²) in [5.74, 6) is 1.02. The first-order valence-electron chi connectivity index (χ1n) is 11.6. The Bertz CT molecular complexity index is 1050. The van der Waals surface area contributed by atoms with Crippen molar-refractivity contribution >= 4 is 28.4 Å². The number of fused-ring (bicyclic) bond motifs is 1. The number of nitrogens with one attached hydrogen (secondary N) is 1. The molecule has 0 aliphatic carbocycles. The highest BCUT2D eigenvalue weighted by atomic mass is 15.2. The zero-order valence-electron chi connectivity index (χ0n) is 19.7. The van der Waals surface area contributed by atoms with Crippen molar-refractivity contribution in [3.8, 4) is 11.3 Å². The van der Waals surface area contributed by atoms with Crippen LogP contribution >= 0.6 is 0 Å². The standard InChI is InChI=1S/C25H35N7/c1-5-6-11-25(2,3)30-23-20-17-27-21(16-22(20)28-24(26)29-23)18-7-9-19(10-8-18)32-14-12-31(4)13-15-32/h7-10,16-17H,5-6,11-15H2,1-4H3,(H3,26,28,29,30). The van der Waals surface area contributed by atoms with Gasteiger partial charge < -0.3 is 20.9 Å². The van der Waals surface area contributed by atoms with Gasteiger partial charge in [0.05, 0.1) is 16.6 Å². The highest BCUT2D eigenvalue weighted by Gasteiger charge is 2.20. The van der Waals surface area contributed by atoms with Crippen LogP contribution in [0.1, 0.15) is 40.0 Å². The maximum absolute atomic E-state index is 6.05. The average Bonchev–Trinajstić information content (AvgIpc) is 2.77. The van der Waals surface area contributed by atoms with Crippen LogP contribution in [-0.2, 0) is 0 Å². The zero-order chi connectivity index (χ0) is 22.7. The van der Waals surface area contributed by atoms with E-state index in [1.54, 1.807) is 0 Å². The second kappa shape index (κ2) is 9.28. The Hall–Kier alpha value is -2.93. The first kappa shape index (κ1) is 22.3. The molecule has 0 bridgehead atoms. The van der Waals surface area contributed by atoms with Gasteiger partial charge in [0.1, 0.15) is 5.82 Å². The monoisotopic (exact) mass is 433 g/mol. The van der Waals surface area contributed by atoms with Crippen LogP contribution in [0.25, 0.3) is 22.2 Å². The number of hydrogen-bond acceptors (Lipinski definition) is 7. The summed E-state index contributed by atoms with van der Waals surface area (Å²) in [6.07, 6.45) is 5.23. The van der Waals surface area contributed by atoms with E-state index in [1.807, 2.05) is 12.3 Å². The molecule has 1 aliphatic heterocycles. The number of piperazine rings is 1. The molecule has 1 saturated heterocycles. The van der Waals surface area contributed by atoms with E-state index in [2.05, 4.69) is 77.2 Å². The normalized spacial score (nSPS) is 15.3. The molecule has 1 fully saturated rings. The summed E-state index contributed by atoms with van der Waals surface area (Å²) < 4.78 is 0. The maximum atomic E-state index is 6.05. The lowest BCUT2D eigenvalue weighted by Crippen LogP contribution is -2.44. The molecule has 0 spiro atoms. The molecule has 32 heavy (non-hydrogen) atoms. The average molecular weight is 434 g/mol. The van der Waals surface area contributed by atoms with Gasteiger partial charge in [0, 0.05) is 49.2 Å². The summed E-state index contributed by atoms with van der Waals surface area (Å²) in [4.78, 5) is 18.5. The van der Waals surface area contributed by atoms with Gasteiger partial charge >= 0.3 is 0 Å². The van der Waals surface area contributed by atoms with E-state index in [-0.39, 0.29) is 11.5 Å². The largest absolute Gasteiger partial charge is 0.369 e. The molecule has 1 aromatic carbocycles. The molecule has 0 amide bonds. The molecule has 0 radical (unpaired) electrons. The quantitative estimate of drug-likeness (QED) is 0.571. The van der Waals surface area contributed by atoms with E-state index >= 15 is 0 Å². The van der Waals surface area contributed by atoms with Crippen LogP contribution < -0.4 is 16.0 Å². The third-order valence-corrected chi connectivity index (χ3v) is 6.24. The van der Waals surface area contributed by atoms with Crippen LogP contribution in [0.2, 0.25) is 0 Å². The fraction of sp³-hybridized carbons (Fsp3) is 0.480. The van der Waals surface area contributed by atoms with Crippen molar-refractivity contribution in [3.63, 3.8) is 0 Å². The Morgan fingerprint density at radius 2 is 1.78 bits per heavy atom. The molecule has 2 aromatic heterocycles. The lowest BCUT2D eigenvalue weighted by molar-refractivity contribution is 0.313. The number of benzene rings is 1. The van der Waals surface area contributed by atoms with E-state index in [1.165, 1.54) is 5.69 Å². The molecule has 0 saturated carbocycles. The highest BCUT2D eigenvalue weighted by Crippen LogP contribution is 2.29. The number of anilines is 3. The van der Waals surface area contributed by atoms with Crippen molar-refractivity contribution in [2.45, 2.75) is 45.6 Å². The second-order valence-corrected chi connectivity index (χ2v) is 9.47. The Kier molecular flexibility index (Phi) is 6.46. The molecular formula is C25H35N7. The van der Waals surface area contributed by atoms with Crippen molar-refractivity contribution in [3.05, 3.63) is 36.5 Å². The lowest BCUT2D eigenvalue weighted by Gasteiger charge is -2.34. The predicted molar refractivity (Wildman–Crippen MR) is 134 cm³/mol. The molecule has 0 atom stereocenters. The van der Waals surface area contributed by atoms with Crippen LogP contribution in [0.4, 0.5) is 17.5 Å². The minimum atomic E-state index is -0.0819. The zero-order valence-corrected chi connectivity index (χ0v) is 19.7. The fourth-order valence-corrected chi connectivity index (χ4v) is 4.21. The number of hydrogen-bond donors (Lipinski definition) is 2. The van der Waals surface area contributed by atoms with E-state index in [9.17, 15) is 0 Å². The van der Waals surface area contributed by atoms with Crippen LogP contribution in [0.5, 0.6) is 0 Å². The molecule has 0 unspecified atom stereocenters. The first-order chi connectivity index (χ1) is 15.3. The summed E-state index contributed by atoms with van der Waals surface area (Å²) in [6, 6.07) is 10.6. The summed E-state index contributed by atoms with van der Waals surface area (Å²) in [7, 11) is 2.18. The number of nitrogens with zero attached hydrogens (tertiary/aromatic N) is 5. The predicted octanol–water partition coefficient (Wildman–Crippen LogP) is 4.41. The smallest absolute Gasteiger partial charge is 0.222 e. The van der Waals surface area contributed by atoms with Crippen LogP contribution in [-0.4, -0.2) is 58.6 Å². The minimum Gasteiger partial charge on any atom is -0.369 e. The van der Waals surface area contributed by atoms with Crippen molar-refractivity contribution in [2.75, 3.05) is 49.2 Å². The van der Waals surface area contributed by atoms with Gasteiger partial charge in [0.15, 0.2) is 0 Å². The van der Waals surface area contributed by atoms with Gasteiger partial charge in [-0.1, -0.05) is 31.9 Å². The lowest BCUT2D eigenvalue weighted by atomic mass is 9.97. The van der Waals surface area contributed by atoms with Crippen LogP contribution in [0.15, 0.2) is 36.5 Å². The molecular weight excluding hydrogens is 398 g/mol. The summed E-state index contributed by atoms with van der Waals surface area (Å²) >= 11 is 0. The first-order valence-corrected chi connectivity index (χ1v) is 11.6. The molecule has 3 aromatic rings. The number of aromatic nitrogens is 3. The number of rotatable bonds is 7. The third kappa shape index (κ3) is 5.10. The van der Waals surface area contributed by atoms with Crippen molar-refractivity contribution in [2.24, 2.45) is 0 Å². The van der Waals surface area contributed by atoms with E-state index in [4.69, 9.17) is 10.7 Å². The van der Waals surface area contributed by atoms with Gasteiger partial charge in [-0.05, 0) is 45.5 Å². The number of pyridine rings is 1. The highest BCUT2D eigenvalue weighted by molar-refractivity contribution is 5.91. The Labute approximate surface area is 191 Å². The summed E-state index contributed by atoms with van der Waals surface area (Å²) in [6.45, 7) is 10.9. The van der Waals surface area contributed by atoms with Gasteiger partial charge in [0.2, 0.25) is 5.95 Å². The summed E-state index contributed by atoms with van der Waals surface area (Å²) in [5, 5.41) is 4.45. The molecule has 170 valence electrons. The van der Waals surface area contributed by atoms with E-state index in [0.717, 1.165) is 73.4 Å². The molecule has 3 N–H and O–H groups in total. The Morgan fingerprint density at radius 3 is 2.47 bits per heavy atom. The number of nitrogens with two attached hydrogens (primary N) is 1. The van der Waals surface area contributed by atoms with Gasteiger partial charge in [-0.3, -0.25) is 4.98 Å². The summed E-state index contributed by atoms with van der Waals surface area (Å²) in [5.41, 5.74) is 9.99. The van der Waals surface area contributed by atoms with Gasteiger partial charge in [-0.2, -0.15) is 4.98 Å².